The molecule has 1 atom stereocenters. The van der Waals surface area contributed by atoms with Crippen LogP contribution >= 0.6 is 0 Å². The molecule has 1 aliphatic rings. The normalized spacial score (nSPS) is 18.2. The van der Waals surface area contributed by atoms with Gasteiger partial charge >= 0.3 is 0 Å². The number of amides is 1. The number of halogens is 1. The summed E-state index contributed by atoms with van der Waals surface area (Å²) in [6.07, 6.45) is 0. The third kappa shape index (κ3) is 3.55. The molecule has 4 rings (SSSR count). The Hall–Kier alpha value is -3.73. The molecule has 29 heavy (non-hydrogen) atoms. The lowest BCUT2D eigenvalue weighted by molar-refractivity contribution is -0.140. The van der Waals surface area contributed by atoms with Crippen LogP contribution in [-0.4, -0.2) is 21.7 Å². The van der Waals surface area contributed by atoms with Gasteiger partial charge in [0.15, 0.2) is 0 Å². The Balaban J connectivity index is 1.86. The Morgan fingerprint density at radius 3 is 2.07 bits per heavy atom. The molecule has 5 heteroatoms. The molecule has 1 aliphatic heterocycles. The van der Waals surface area contributed by atoms with E-state index in [2.05, 4.69) is 0 Å². The Morgan fingerprint density at radius 1 is 0.862 bits per heavy atom. The fourth-order valence-electron chi connectivity index (χ4n) is 3.57. The lowest BCUT2D eigenvalue weighted by atomic mass is 9.95. The first-order valence-corrected chi connectivity index (χ1v) is 9.19. The standard InChI is InChI=1S/C24H18FNO3/c25-19-13-11-17(12-14-19)21-20(22(27)18-9-5-2-6-10-18)23(28)24(29)26(21)15-16-7-3-1-4-8-16/h1-14,21,27H,15H2/t21-/m1/s1. The molecule has 1 heterocycles. The molecule has 4 nitrogen and oxygen atoms in total. The summed E-state index contributed by atoms with van der Waals surface area (Å²) in [5, 5.41) is 10.9. The van der Waals surface area contributed by atoms with Crippen LogP contribution < -0.4 is 0 Å². The van der Waals surface area contributed by atoms with Gasteiger partial charge in [0.1, 0.15) is 11.6 Å². The zero-order chi connectivity index (χ0) is 20.4. The summed E-state index contributed by atoms with van der Waals surface area (Å²) in [6.45, 7) is 0.193. The number of aliphatic hydroxyl groups excluding tert-OH is 1. The van der Waals surface area contributed by atoms with E-state index in [4.69, 9.17) is 0 Å². The molecule has 1 N–H and O–H groups in total. The van der Waals surface area contributed by atoms with Crippen molar-refractivity contribution in [2.75, 3.05) is 0 Å². The number of likely N-dealkylation sites (tertiary alicyclic amines) is 1. The van der Waals surface area contributed by atoms with Crippen molar-refractivity contribution in [1.82, 2.24) is 4.90 Å². The number of ketones is 1. The zero-order valence-corrected chi connectivity index (χ0v) is 15.5. The molecule has 1 saturated heterocycles. The molecule has 0 saturated carbocycles. The molecule has 0 aromatic heterocycles. The van der Waals surface area contributed by atoms with Gasteiger partial charge in [0.2, 0.25) is 0 Å². The van der Waals surface area contributed by atoms with Crippen molar-refractivity contribution in [1.29, 1.82) is 0 Å². The van der Waals surface area contributed by atoms with E-state index < -0.39 is 23.5 Å². The molecule has 0 unspecified atom stereocenters. The van der Waals surface area contributed by atoms with Crippen molar-refractivity contribution < 1.29 is 19.1 Å². The minimum Gasteiger partial charge on any atom is -0.507 e. The highest BCUT2D eigenvalue weighted by atomic mass is 19.1. The highest BCUT2D eigenvalue weighted by molar-refractivity contribution is 6.46. The van der Waals surface area contributed by atoms with E-state index in [1.165, 1.54) is 29.2 Å². The largest absolute Gasteiger partial charge is 0.507 e. The second-order valence-electron chi connectivity index (χ2n) is 6.83. The van der Waals surface area contributed by atoms with Crippen molar-refractivity contribution in [3.05, 3.63) is 113 Å². The summed E-state index contributed by atoms with van der Waals surface area (Å²) in [6, 6.07) is 22.7. The van der Waals surface area contributed by atoms with Crippen molar-refractivity contribution in [3.8, 4) is 0 Å². The number of Topliss-reactive ketones (excluding diaryl/α,β-unsaturated/α-hetero) is 1. The minimum absolute atomic E-state index is 0.00346. The minimum atomic E-state index is -0.809. The van der Waals surface area contributed by atoms with Crippen LogP contribution in [0.2, 0.25) is 0 Å². The number of nitrogens with zero attached hydrogens (tertiary/aromatic N) is 1. The molecular weight excluding hydrogens is 369 g/mol. The number of carbonyl (C=O) groups excluding carboxylic acids is 2. The summed E-state index contributed by atoms with van der Waals surface area (Å²) < 4.78 is 13.5. The first kappa shape index (κ1) is 18.6. The van der Waals surface area contributed by atoms with Crippen LogP contribution in [0.5, 0.6) is 0 Å². The van der Waals surface area contributed by atoms with Crippen LogP contribution in [-0.2, 0) is 16.1 Å². The molecule has 1 fully saturated rings. The maximum atomic E-state index is 13.5. The fourth-order valence-corrected chi connectivity index (χ4v) is 3.57. The molecule has 3 aromatic rings. The summed E-state index contributed by atoms with van der Waals surface area (Å²) in [4.78, 5) is 27.2. The number of aliphatic hydroxyl groups is 1. The second kappa shape index (κ2) is 7.72. The van der Waals surface area contributed by atoms with Crippen LogP contribution in [0.25, 0.3) is 5.76 Å². The zero-order valence-electron chi connectivity index (χ0n) is 15.5. The monoisotopic (exact) mass is 387 g/mol. The van der Waals surface area contributed by atoms with Gasteiger partial charge < -0.3 is 10.0 Å². The second-order valence-corrected chi connectivity index (χ2v) is 6.83. The summed E-state index contributed by atoms with van der Waals surface area (Å²) in [5.74, 6) is -2.11. The molecule has 1 amide bonds. The number of rotatable bonds is 4. The van der Waals surface area contributed by atoms with E-state index in [-0.39, 0.29) is 17.9 Å². The molecule has 144 valence electrons. The van der Waals surface area contributed by atoms with Gasteiger partial charge in [-0.05, 0) is 23.3 Å². The van der Waals surface area contributed by atoms with Gasteiger partial charge in [0.25, 0.3) is 11.7 Å². The SMILES string of the molecule is O=C1C(=O)N(Cc2ccccc2)[C@H](c2ccc(F)cc2)C1=C(O)c1ccccc1. The Kier molecular flexibility index (Phi) is 4.96. The van der Waals surface area contributed by atoms with Crippen LogP contribution in [0.15, 0.2) is 90.5 Å². The summed E-state index contributed by atoms with van der Waals surface area (Å²) in [7, 11) is 0. The quantitative estimate of drug-likeness (QED) is 0.409. The fraction of sp³-hybridized carbons (Fsp3) is 0.0833. The number of hydrogen-bond acceptors (Lipinski definition) is 3. The van der Waals surface area contributed by atoms with Gasteiger partial charge in [-0.3, -0.25) is 9.59 Å². The predicted molar refractivity (Wildman–Crippen MR) is 107 cm³/mol. The first-order chi connectivity index (χ1) is 14.1. The van der Waals surface area contributed by atoms with Gasteiger partial charge in [0, 0.05) is 12.1 Å². The molecule has 0 aliphatic carbocycles. The topological polar surface area (TPSA) is 57.6 Å². The van der Waals surface area contributed by atoms with Crippen LogP contribution in [0.3, 0.4) is 0 Å². The molecule has 0 spiro atoms. The Bertz CT molecular complexity index is 1080. The molecular formula is C24H18FNO3. The van der Waals surface area contributed by atoms with E-state index in [1.54, 1.807) is 30.3 Å². The van der Waals surface area contributed by atoms with Gasteiger partial charge in [-0.25, -0.2) is 4.39 Å². The summed E-state index contributed by atoms with van der Waals surface area (Å²) in [5.41, 5.74) is 1.85. The smallest absolute Gasteiger partial charge is 0.295 e. The third-order valence-electron chi connectivity index (χ3n) is 4.97. The van der Waals surface area contributed by atoms with Crippen molar-refractivity contribution in [2.24, 2.45) is 0 Å². The maximum Gasteiger partial charge on any atom is 0.295 e. The number of hydrogen-bond donors (Lipinski definition) is 1. The number of carbonyl (C=O) groups is 2. The average Bonchev–Trinajstić information content (AvgIpc) is 3.00. The molecule has 0 bridgehead atoms. The third-order valence-corrected chi connectivity index (χ3v) is 4.97. The Labute approximate surface area is 167 Å². The average molecular weight is 387 g/mol. The molecule has 0 radical (unpaired) electrons. The highest BCUT2D eigenvalue weighted by Gasteiger charge is 2.46. The van der Waals surface area contributed by atoms with Crippen molar-refractivity contribution in [3.63, 3.8) is 0 Å². The first-order valence-electron chi connectivity index (χ1n) is 9.19. The highest BCUT2D eigenvalue weighted by Crippen LogP contribution is 2.40. The van der Waals surface area contributed by atoms with Crippen LogP contribution in [0.1, 0.15) is 22.7 Å². The van der Waals surface area contributed by atoms with Crippen molar-refractivity contribution >= 4 is 17.4 Å². The van der Waals surface area contributed by atoms with Crippen LogP contribution in [0.4, 0.5) is 4.39 Å². The Morgan fingerprint density at radius 2 is 1.45 bits per heavy atom. The molecule has 3 aromatic carbocycles. The van der Waals surface area contributed by atoms with E-state index in [1.807, 2.05) is 30.3 Å². The van der Waals surface area contributed by atoms with Gasteiger partial charge in [-0.15, -0.1) is 0 Å². The maximum absolute atomic E-state index is 13.5. The van der Waals surface area contributed by atoms with Crippen molar-refractivity contribution in [2.45, 2.75) is 12.6 Å². The van der Waals surface area contributed by atoms with Crippen LogP contribution in [0, 0.1) is 5.82 Å². The van der Waals surface area contributed by atoms with E-state index in [9.17, 15) is 19.1 Å². The lowest BCUT2D eigenvalue weighted by Crippen LogP contribution is -2.29. The summed E-state index contributed by atoms with van der Waals surface area (Å²) >= 11 is 0. The van der Waals surface area contributed by atoms with E-state index in [0.717, 1.165) is 5.56 Å². The van der Waals surface area contributed by atoms with Gasteiger partial charge in [-0.1, -0.05) is 72.8 Å². The lowest BCUT2D eigenvalue weighted by Gasteiger charge is -2.25. The van der Waals surface area contributed by atoms with E-state index >= 15 is 0 Å². The number of benzene rings is 3. The van der Waals surface area contributed by atoms with Gasteiger partial charge in [0.05, 0.1) is 11.6 Å². The predicted octanol–water partition coefficient (Wildman–Crippen LogP) is 4.45. The van der Waals surface area contributed by atoms with E-state index in [0.29, 0.717) is 11.1 Å². The van der Waals surface area contributed by atoms with Gasteiger partial charge in [-0.2, -0.15) is 0 Å².